The average Bonchev–Trinajstić information content (AvgIpc) is 2.45. The van der Waals surface area contributed by atoms with Gasteiger partial charge in [0.1, 0.15) is 11.5 Å². The lowest BCUT2D eigenvalue weighted by atomic mass is 10.0. The van der Waals surface area contributed by atoms with Crippen LogP contribution in [0.1, 0.15) is 18.9 Å². The van der Waals surface area contributed by atoms with Gasteiger partial charge in [0.05, 0.1) is 5.02 Å². The van der Waals surface area contributed by atoms with E-state index in [0.717, 1.165) is 12.0 Å². The number of nitrogens with two attached hydrogens (primary N) is 1. The predicted octanol–water partition coefficient (Wildman–Crippen LogP) is 5.72. The molecule has 0 radical (unpaired) electrons. The summed E-state index contributed by atoms with van der Waals surface area (Å²) in [6, 6.07) is 10.7. The summed E-state index contributed by atoms with van der Waals surface area (Å²) in [4.78, 5) is 0. The van der Waals surface area contributed by atoms with Crippen LogP contribution < -0.4 is 10.5 Å². The highest BCUT2D eigenvalue weighted by Crippen LogP contribution is 2.35. The topological polar surface area (TPSA) is 35.2 Å². The first kappa shape index (κ1) is 16.4. The van der Waals surface area contributed by atoms with Crippen LogP contribution >= 0.6 is 34.8 Å². The van der Waals surface area contributed by atoms with E-state index in [9.17, 15) is 0 Å². The molecule has 1 unspecified atom stereocenters. The van der Waals surface area contributed by atoms with Crippen LogP contribution in [0, 0.1) is 0 Å². The van der Waals surface area contributed by atoms with Crippen LogP contribution in [0.15, 0.2) is 36.4 Å². The summed E-state index contributed by atoms with van der Waals surface area (Å²) >= 11 is 18.3. The molecule has 0 bridgehead atoms. The zero-order valence-electron chi connectivity index (χ0n) is 11.6. The minimum Gasteiger partial charge on any atom is -0.455 e. The van der Waals surface area contributed by atoms with Crippen LogP contribution in [0.25, 0.3) is 0 Å². The number of ether oxygens (including phenoxy) is 1. The van der Waals surface area contributed by atoms with Crippen molar-refractivity contribution in [2.75, 3.05) is 0 Å². The van der Waals surface area contributed by atoms with E-state index in [1.165, 1.54) is 0 Å². The summed E-state index contributed by atoms with van der Waals surface area (Å²) in [5.74, 6) is 1.20. The van der Waals surface area contributed by atoms with Crippen molar-refractivity contribution in [2.45, 2.75) is 25.8 Å². The second kappa shape index (κ2) is 7.37. The molecule has 1 atom stereocenters. The average molecular weight is 345 g/mol. The molecule has 0 spiro atoms. The Morgan fingerprint density at radius 3 is 2.48 bits per heavy atom. The lowest BCUT2D eigenvalue weighted by Gasteiger charge is -2.16. The molecule has 2 rings (SSSR count). The Kier molecular flexibility index (Phi) is 5.77. The van der Waals surface area contributed by atoms with Gasteiger partial charge in [-0.15, -0.1) is 0 Å². The standard InChI is InChI=1S/C16H16Cl3NO/c1-2-11(20)9-12-13(18)4-3-5-15(12)21-16-7-6-10(17)8-14(16)19/h3-8,11H,2,9,20H2,1H3. The van der Waals surface area contributed by atoms with Crippen LogP contribution in [0.4, 0.5) is 0 Å². The minimum atomic E-state index is 0.0351. The van der Waals surface area contributed by atoms with E-state index in [1.807, 2.05) is 25.1 Å². The second-order valence-corrected chi connectivity index (χ2v) is 6.02. The first-order valence-electron chi connectivity index (χ1n) is 6.67. The molecule has 0 saturated heterocycles. The minimum absolute atomic E-state index is 0.0351. The van der Waals surface area contributed by atoms with E-state index >= 15 is 0 Å². The van der Waals surface area contributed by atoms with Crippen molar-refractivity contribution >= 4 is 34.8 Å². The van der Waals surface area contributed by atoms with Crippen molar-refractivity contribution in [1.29, 1.82) is 0 Å². The molecule has 2 aromatic rings. The fourth-order valence-electron chi connectivity index (χ4n) is 1.92. The lowest BCUT2D eigenvalue weighted by Crippen LogP contribution is -2.21. The maximum absolute atomic E-state index is 6.27. The van der Waals surface area contributed by atoms with Crippen molar-refractivity contribution < 1.29 is 4.74 Å². The molecular formula is C16H16Cl3NO. The molecule has 2 N–H and O–H groups in total. The van der Waals surface area contributed by atoms with Gasteiger partial charge in [0.25, 0.3) is 0 Å². The molecule has 0 heterocycles. The van der Waals surface area contributed by atoms with Crippen LogP contribution in [-0.4, -0.2) is 6.04 Å². The van der Waals surface area contributed by atoms with Crippen molar-refractivity contribution in [2.24, 2.45) is 5.73 Å². The Morgan fingerprint density at radius 2 is 1.81 bits per heavy atom. The Labute approximate surface area is 139 Å². The van der Waals surface area contributed by atoms with Gasteiger partial charge >= 0.3 is 0 Å². The highest BCUT2D eigenvalue weighted by atomic mass is 35.5. The zero-order chi connectivity index (χ0) is 15.4. The SMILES string of the molecule is CCC(N)Cc1c(Cl)cccc1Oc1ccc(Cl)cc1Cl. The molecule has 112 valence electrons. The summed E-state index contributed by atoms with van der Waals surface area (Å²) in [6.45, 7) is 2.04. The van der Waals surface area contributed by atoms with E-state index in [4.69, 9.17) is 45.3 Å². The van der Waals surface area contributed by atoms with Crippen molar-refractivity contribution in [3.63, 3.8) is 0 Å². The molecular weight excluding hydrogens is 329 g/mol. The first-order valence-corrected chi connectivity index (χ1v) is 7.80. The second-order valence-electron chi connectivity index (χ2n) is 4.77. The van der Waals surface area contributed by atoms with Crippen LogP contribution in [0.2, 0.25) is 15.1 Å². The summed E-state index contributed by atoms with van der Waals surface area (Å²) in [7, 11) is 0. The van der Waals surface area contributed by atoms with Crippen molar-refractivity contribution in [1.82, 2.24) is 0 Å². The van der Waals surface area contributed by atoms with Gasteiger partial charge in [-0.3, -0.25) is 0 Å². The van der Waals surface area contributed by atoms with Crippen LogP contribution in [-0.2, 0) is 6.42 Å². The highest BCUT2D eigenvalue weighted by Gasteiger charge is 2.13. The molecule has 0 saturated carbocycles. The van der Waals surface area contributed by atoms with Crippen molar-refractivity contribution in [3.8, 4) is 11.5 Å². The van der Waals surface area contributed by atoms with Crippen LogP contribution in [0.3, 0.4) is 0 Å². The van der Waals surface area contributed by atoms with Gasteiger partial charge < -0.3 is 10.5 Å². The summed E-state index contributed by atoms with van der Waals surface area (Å²) < 4.78 is 5.89. The van der Waals surface area contributed by atoms with E-state index in [0.29, 0.717) is 33.0 Å². The monoisotopic (exact) mass is 343 g/mol. The third-order valence-electron chi connectivity index (χ3n) is 3.18. The van der Waals surface area contributed by atoms with E-state index in [2.05, 4.69) is 0 Å². The van der Waals surface area contributed by atoms with E-state index < -0.39 is 0 Å². The fourth-order valence-corrected chi connectivity index (χ4v) is 2.61. The number of rotatable bonds is 5. The zero-order valence-corrected chi connectivity index (χ0v) is 13.8. The summed E-state index contributed by atoms with van der Waals surface area (Å²) in [6.07, 6.45) is 1.52. The van der Waals surface area contributed by atoms with Gasteiger partial charge in [0, 0.05) is 21.7 Å². The Bertz CT molecular complexity index is 631. The number of hydrogen-bond donors (Lipinski definition) is 1. The summed E-state index contributed by atoms with van der Waals surface area (Å²) in [5.41, 5.74) is 6.92. The number of benzene rings is 2. The Morgan fingerprint density at radius 1 is 1.05 bits per heavy atom. The van der Waals surface area contributed by atoms with Crippen LogP contribution in [0.5, 0.6) is 11.5 Å². The molecule has 0 aliphatic carbocycles. The van der Waals surface area contributed by atoms with Gasteiger partial charge in [0.15, 0.2) is 0 Å². The molecule has 0 aliphatic rings. The Hall–Kier alpha value is -0.930. The third kappa shape index (κ3) is 4.27. The predicted molar refractivity (Wildman–Crippen MR) is 90.0 cm³/mol. The van der Waals surface area contributed by atoms with Gasteiger partial charge in [-0.25, -0.2) is 0 Å². The molecule has 0 aromatic heterocycles. The molecule has 5 heteroatoms. The smallest absolute Gasteiger partial charge is 0.146 e. The molecule has 2 aromatic carbocycles. The van der Waals surface area contributed by atoms with Gasteiger partial charge in [0.2, 0.25) is 0 Å². The van der Waals surface area contributed by atoms with E-state index in [1.54, 1.807) is 18.2 Å². The third-order valence-corrected chi connectivity index (χ3v) is 4.06. The normalized spacial score (nSPS) is 12.2. The van der Waals surface area contributed by atoms with Gasteiger partial charge in [-0.1, -0.05) is 47.8 Å². The maximum Gasteiger partial charge on any atom is 0.146 e. The molecule has 2 nitrogen and oxygen atoms in total. The maximum atomic E-state index is 6.27. The summed E-state index contributed by atoms with van der Waals surface area (Å²) in [5, 5.41) is 1.65. The molecule has 21 heavy (non-hydrogen) atoms. The largest absolute Gasteiger partial charge is 0.455 e. The highest BCUT2D eigenvalue weighted by molar-refractivity contribution is 6.35. The fraction of sp³-hybridized carbons (Fsp3) is 0.250. The molecule has 0 aliphatic heterocycles. The number of halogens is 3. The van der Waals surface area contributed by atoms with E-state index in [-0.39, 0.29) is 6.04 Å². The molecule has 0 amide bonds. The first-order chi connectivity index (χ1) is 10.0. The molecule has 0 fully saturated rings. The lowest BCUT2D eigenvalue weighted by molar-refractivity contribution is 0.472. The van der Waals surface area contributed by atoms with Gasteiger partial charge in [-0.05, 0) is 43.2 Å². The number of hydrogen-bond acceptors (Lipinski definition) is 2. The Balaban J connectivity index is 2.33. The van der Waals surface area contributed by atoms with Crippen molar-refractivity contribution in [3.05, 3.63) is 57.0 Å². The van der Waals surface area contributed by atoms with Gasteiger partial charge in [-0.2, -0.15) is 0 Å². The quantitative estimate of drug-likeness (QED) is 0.753.